The Morgan fingerprint density at radius 2 is 2.20 bits per heavy atom. The highest BCUT2D eigenvalue weighted by Gasteiger charge is 2.54. The van der Waals surface area contributed by atoms with Gasteiger partial charge in [0, 0.05) is 7.05 Å². The maximum Gasteiger partial charge on any atom is 0.354 e. The number of carbonyl (C=O) groups excluding carboxylic acids is 1. The molecule has 0 spiro atoms. The van der Waals surface area contributed by atoms with Gasteiger partial charge < -0.3 is 10.4 Å². The van der Waals surface area contributed by atoms with E-state index in [2.05, 4.69) is 5.10 Å². The van der Waals surface area contributed by atoms with Gasteiger partial charge >= 0.3 is 5.92 Å². The molecular weight excluding hydrogens is 215 g/mol. The number of aromatic nitrogens is 2. The van der Waals surface area contributed by atoms with E-state index in [0.717, 1.165) is 4.68 Å². The third-order valence-corrected chi connectivity index (χ3v) is 2.19. The summed E-state index contributed by atoms with van der Waals surface area (Å²) in [4.78, 5) is 10.9. The van der Waals surface area contributed by atoms with Crippen LogP contribution in [-0.2, 0) is 11.8 Å². The lowest BCUT2D eigenvalue weighted by molar-refractivity contribution is -0.160. The minimum atomic E-state index is -4.04. The molecule has 0 unspecified atom stereocenters. The van der Waals surface area contributed by atoms with Crippen molar-refractivity contribution in [1.29, 1.82) is 0 Å². The number of aliphatic hydroxyl groups excluding tert-OH is 1. The van der Waals surface area contributed by atoms with Crippen LogP contribution in [0.25, 0.3) is 0 Å². The quantitative estimate of drug-likeness (QED) is 0.656. The minimum Gasteiger partial charge on any atom is -0.381 e. The molecule has 0 aromatic carbocycles. The normalized spacial score (nSPS) is 23.5. The van der Waals surface area contributed by atoms with Gasteiger partial charge in [-0.15, -0.1) is 5.10 Å². The van der Waals surface area contributed by atoms with Gasteiger partial charge in [0.15, 0.2) is 6.10 Å². The molecule has 0 bridgehead atoms. The van der Waals surface area contributed by atoms with Crippen molar-refractivity contribution in [1.82, 2.24) is 9.78 Å². The molecular formula is C7H6F3N3O2. The highest BCUT2D eigenvalue weighted by molar-refractivity contribution is 5.99. The average Bonchev–Trinajstić information content (AvgIpc) is 2.39. The molecule has 2 heterocycles. The number of amides is 1. The molecule has 2 rings (SSSR count). The van der Waals surface area contributed by atoms with Crippen LogP contribution in [0.15, 0.2) is 0 Å². The van der Waals surface area contributed by atoms with Crippen molar-refractivity contribution in [3.63, 3.8) is 0 Å². The van der Waals surface area contributed by atoms with E-state index in [4.69, 9.17) is 5.11 Å². The van der Waals surface area contributed by atoms with Crippen LogP contribution >= 0.6 is 0 Å². The Bertz CT molecular complexity index is 443. The SMILES string of the molecule is Cn1nc(F)c2c1NC(=O)C(F)(F)[C@@H]2O. The van der Waals surface area contributed by atoms with Gasteiger partial charge in [0.2, 0.25) is 5.95 Å². The number of alkyl halides is 2. The number of anilines is 1. The summed E-state index contributed by atoms with van der Waals surface area (Å²) in [5.74, 6) is -7.20. The van der Waals surface area contributed by atoms with E-state index in [1.54, 1.807) is 5.32 Å². The number of nitrogens with zero attached hydrogens (tertiary/aromatic N) is 2. The predicted molar refractivity (Wildman–Crippen MR) is 41.7 cm³/mol. The van der Waals surface area contributed by atoms with Crippen LogP contribution < -0.4 is 5.32 Å². The van der Waals surface area contributed by atoms with E-state index < -0.39 is 29.4 Å². The maximum absolute atomic E-state index is 13.0. The minimum absolute atomic E-state index is 0.254. The van der Waals surface area contributed by atoms with Gasteiger partial charge in [-0.05, 0) is 0 Å². The molecule has 1 amide bonds. The molecule has 0 saturated heterocycles. The molecule has 0 radical (unpaired) electrons. The summed E-state index contributed by atoms with van der Waals surface area (Å²) in [7, 11) is 1.26. The molecule has 1 aromatic heterocycles. The fourth-order valence-electron chi connectivity index (χ4n) is 1.39. The average molecular weight is 221 g/mol. The van der Waals surface area contributed by atoms with Crippen LogP contribution in [0.1, 0.15) is 11.7 Å². The molecule has 0 saturated carbocycles. The Morgan fingerprint density at radius 3 is 2.80 bits per heavy atom. The van der Waals surface area contributed by atoms with Gasteiger partial charge in [-0.3, -0.25) is 4.79 Å². The smallest absolute Gasteiger partial charge is 0.354 e. The summed E-state index contributed by atoms with van der Waals surface area (Å²) in [5, 5.41) is 14.1. The van der Waals surface area contributed by atoms with Gasteiger partial charge in [0.25, 0.3) is 5.91 Å². The molecule has 1 aliphatic heterocycles. The van der Waals surface area contributed by atoms with E-state index in [1.807, 2.05) is 0 Å². The van der Waals surface area contributed by atoms with Crippen LogP contribution in [0, 0.1) is 5.95 Å². The second-order valence-electron chi connectivity index (χ2n) is 3.16. The van der Waals surface area contributed by atoms with Gasteiger partial charge in [0.1, 0.15) is 5.82 Å². The number of aryl methyl sites for hydroxylation is 1. The van der Waals surface area contributed by atoms with Crippen molar-refractivity contribution in [2.45, 2.75) is 12.0 Å². The second-order valence-corrected chi connectivity index (χ2v) is 3.16. The summed E-state index contributed by atoms with van der Waals surface area (Å²) in [5.41, 5.74) is -0.692. The first kappa shape index (κ1) is 9.97. The lowest BCUT2D eigenvalue weighted by Crippen LogP contribution is -2.44. The lowest BCUT2D eigenvalue weighted by atomic mass is 10.0. The fraction of sp³-hybridized carbons (Fsp3) is 0.429. The van der Waals surface area contributed by atoms with Crippen molar-refractivity contribution in [2.75, 3.05) is 5.32 Å². The Morgan fingerprint density at radius 1 is 1.60 bits per heavy atom. The summed E-state index contributed by atoms with van der Waals surface area (Å²) in [6, 6.07) is 0. The van der Waals surface area contributed by atoms with Gasteiger partial charge in [0.05, 0.1) is 5.56 Å². The van der Waals surface area contributed by atoms with Crippen molar-refractivity contribution < 1.29 is 23.1 Å². The predicted octanol–water partition coefficient (Wildman–Crippen LogP) is 0.180. The molecule has 1 aromatic rings. The first-order valence-electron chi connectivity index (χ1n) is 3.95. The Hall–Kier alpha value is -1.57. The molecule has 5 nitrogen and oxygen atoms in total. The number of nitrogens with one attached hydrogen (secondary N) is 1. The fourth-order valence-corrected chi connectivity index (χ4v) is 1.39. The van der Waals surface area contributed by atoms with Crippen molar-refractivity contribution in [3.05, 3.63) is 11.5 Å². The van der Waals surface area contributed by atoms with Crippen LogP contribution in [0.3, 0.4) is 0 Å². The highest BCUT2D eigenvalue weighted by atomic mass is 19.3. The summed E-state index contributed by atoms with van der Waals surface area (Å²) < 4.78 is 39.9. The zero-order chi connectivity index (χ0) is 11.4. The Labute approximate surface area is 81.5 Å². The molecule has 0 fully saturated rings. The van der Waals surface area contributed by atoms with E-state index in [-0.39, 0.29) is 5.82 Å². The number of aliphatic hydroxyl groups is 1. The first-order valence-corrected chi connectivity index (χ1v) is 3.95. The van der Waals surface area contributed by atoms with E-state index >= 15 is 0 Å². The summed E-state index contributed by atoms with van der Waals surface area (Å²) in [6.07, 6.45) is -2.50. The van der Waals surface area contributed by atoms with Crippen molar-refractivity contribution >= 4 is 11.7 Å². The highest BCUT2D eigenvalue weighted by Crippen LogP contribution is 2.41. The number of fused-ring (bicyclic) bond motifs is 1. The Kier molecular flexibility index (Phi) is 1.81. The summed E-state index contributed by atoms with van der Waals surface area (Å²) in [6.45, 7) is 0. The van der Waals surface area contributed by atoms with E-state index in [1.165, 1.54) is 7.05 Å². The summed E-state index contributed by atoms with van der Waals surface area (Å²) >= 11 is 0. The monoisotopic (exact) mass is 221 g/mol. The largest absolute Gasteiger partial charge is 0.381 e. The van der Waals surface area contributed by atoms with Crippen LogP contribution in [-0.4, -0.2) is 26.7 Å². The lowest BCUT2D eigenvalue weighted by Gasteiger charge is -2.26. The number of halogens is 3. The molecule has 1 aliphatic rings. The van der Waals surface area contributed by atoms with Crippen molar-refractivity contribution in [2.24, 2.45) is 7.05 Å². The number of rotatable bonds is 0. The van der Waals surface area contributed by atoms with Crippen LogP contribution in [0.5, 0.6) is 0 Å². The molecule has 8 heteroatoms. The Balaban J connectivity index is 2.63. The number of hydrogen-bond acceptors (Lipinski definition) is 3. The van der Waals surface area contributed by atoms with E-state index in [0.29, 0.717) is 0 Å². The molecule has 1 atom stereocenters. The number of carbonyl (C=O) groups is 1. The van der Waals surface area contributed by atoms with Gasteiger partial charge in [-0.1, -0.05) is 0 Å². The molecule has 2 N–H and O–H groups in total. The number of hydrogen-bond donors (Lipinski definition) is 2. The third kappa shape index (κ3) is 1.14. The standard InChI is InChI=1S/C7H6F3N3O2/c1-13-5-2(4(8)12-13)3(14)7(9,10)6(15)11-5/h3,14H,1H3,(H,11,15)/t3-/m1/s1. The van der Waals surface area contributed by atoms with Gasteiger partial charge in [-0.25, -0.2) is 4.68 Å². The maximum atomic E-state index is 13.0. The van der Waals surface area contributed by atoms with Gasteiger partial charge in [-0.2, -0.15) is 13.2 Å². The molecule has 15 heavy (non-hydrogen) atoms. The molecule has 82 valence electrons. The van der Waals surface area contributed by atoms with Crippen molar-refractivity contribution in [3.8, 4) is 0 Å². The topological polar surface area (TPSA) is 67.2 Å². The first-order chi connectivity index (χ1) is 6.85. The second kappa shape index (κ2) is 2.72. The zero-order valence-electron chi connectivity index (χ0n) is 7.46. The zero-order valence-corrected chi connectivity index (χ0v) is 7.46. The third-order valence-electron chi connectivity index (χ3n) is 2.19. The van der Waals surface area contributed by atoms with E-state index in [9.17, 15) is 18.0 Å². The van der Waals surface area contributed by atoms with Crippen LogP contribution in [0.2, 0.25) is 0 Å². The molecule has 0 aliphatic carbocycles. The van der Waals surface area contributed by atoms with Crippen LogP contribution in [0.4, 0.5) is 19.0 Å².